The molecule has 1 aliphatic heterocycles. The van der Waals surface area contributed by atoms with Crippen molar-refractivity contribution in [3.63, 3.8) is 0 Å². The SMILES string of the molecule is Cc1nc2ccc(Cl)cc2cc1C(=O)N1CCC(C(=O)NCC(C)(C)CN(C)C)CC1. The van der Waals surface area contributed by atoms with Crippen LogP contribution in [-0.2, 0) is 4.79 Å². The molecule has 1 fully saturated rings. The second-order valence-electron chi connectivity index (χ2n) is 9.64. The van der Waals surface area contributed by atoms with Crippen LogP contribution >= 0.6 is 11.6 Å². The minimum Gasteiger partial charge on any atom is -0.355 e. The minimum atomic E-state index is -0.0474. The lowest BCUT2D eigenvalue weighted by Crippen LogP contribution is -2.46. The van der Waals surface area contributed by atoms with Gasteiger partial charge in [-0.2, -0.15) is 0 Å². The van der Waals surface area contributed by atoms with Crippen molar-refractivity contribution < 1.29 is 9.59 Å². The van der Waals surface area contributed by atoms with Crippen molar-refractivity contribution >= 4 is 34.3 Å². The van der Waals surface area contributed by atoms with Gasteiger partial charge >= 0.3 is 0 Å². The fraction of sp³-hybridized carbons (Fsp3) is 0.542. The standard InChI is InChI=1S/C24H33ClN4O2/c1-16-20(13-18-12-19(25)6-7-21(18)27-16)23(31)29-10-8-17(9-11-29)22(30)26-14-24(2,3)15-28(4)5/h6-7,12-13,17H,8-11,14-15H2,1-5H3,(H,26,30). The van der Waals surface area contributed by atoms with E-state index in [9.17, 15) is 9.59 Å². The molecule has 1 aromatic heterocycles. The summed E-state index contributed by atoms with van der Waals surface area (Å²) in [6.45, 7) is 8.87. The highest BCUT2D eigenvalue weighted by Gasteiger charge is 2.30. The van der Waals surface area contributed by atoms with Gasteiger partial charge < -0.3 is 15.1 Å². The zero-order valence-corrected chi connectivity index (χ0v) is 19.9. The number of carbonyl (C=O) groups excluding carboxylic acids is 2. The Hall–Kier alpha value is -2.18. The summed E-state index contributed by atoms with van der Waals surface area (Å²) in [6.07, 6.45) is 1.36. The van der Waals surface area contributed by atoms with Gasteiger partial charge in [0.2, 0.25) is 5.91 Å². The second kappa shape index (κ2) is 9.53. The molecule has 0 bridgehead atoms. The van der Waals surface area contributed by atoms with Gasteiger partial charge in [0, 0.05) is 42.5 Å². The molecule has 3 rings (SSSR count). The number of aryl methyl sites for hydroxylation is 1. The summed E-state index contributed by atoms with van der Waals surface area (Å²) in [6, 6.07) is 7.37. The van der Waals surface area contributed by atoms with Crippen molar-refractivity contribution in [3.05, 3.63) is 40.5 Å². The van der Waals surface area contributed by atoms with Crippen LogP contribution in [0.1, 0.15) is 42.7 Å². The number of piperidine rings is 1. The number of fused-ring (bicyclic) bond motifs is 1. The summed E-state index contributed by atoms with van der Waals surface area (Å²) in [7, 11) is 4.08. The number of carbonyl (C=O) groups is 2. The van der Waals surface area contributed by atoms with Crippen LogP contribution in [0.2, 0.25) is 5.02 Å². The van der Waals surface area contributed by atoms with Crippen LogP contribution in [0.3, 0.4) is 0 Å². The minimum absolute atomic E-state index is 0.0132. The van der Waals surface area contributed by atoms with Crippen LogP contribution in [0, 0.1) is 18.3 Å². The molecule has 2 heterocycles. The molecule has 1 aromatic carbocycles. The third-order valence-corrected chi connectivity index (χ3v) is 6.07. The van der Waals surface area contributed by atoms with Gasteiger partial charge in [-0.25, -0.2) is 0 Å². The molecule has 1 N–H and O–H groups in total. The molecule has 2 amide bonds. The summed E-state index contributed by atoms with van der Waals surface area (Å²) in [5.41, 5.74) is 2.15. The van der Waals surface area contributed by atoms with Gasteiger partial charge in [0.1, 0.15) is 0 Å². The Balaban J connectivity index is 1.59. The summed E-state index contributed by atoms with van der Waals surface area (Å²) in [5, 5.41) is 4.60. The van der Waals surface area contributed by atoms with E-state index < -0.39 is 0 Å². The Morgan fingerprint density at radius 1 is 1.23 bits per heavy atom. The molecule has 7 heteroatoms. The number of rotatable bonds is 6. The highest BCUT2D eigenvalue weighted by Crippen LogP contribution is 2.24. The molecule has 6 nitrogen and oxygen atoms in total. The molecule has 0 saturated carbocycles. The number of hydrogen-bond acceptors (Lipinski definition) is 4. The normalized spacial score (nSPS) is 15.5. The highest BCUT2D eigenvalue weighted by atomic mass is 35.5. The maximum absolute atomic E-state index is 13.1. The molecule has 1 aliphatic rings. The van der Waals surface area contributed by atoms with Gasteiger partial charge in [-0.1, -0.05) is 25.4 Å². The molecule has 2 aromatic rings. The number of nitrogens with zero attached hydrogens (tertiary/aromatic N) is 3. The molecule has 1 saturated heterocycles. The van der Waals surface area contributed by atoms with Crippen molar-refractivity contribution in [1.82, 2.24) is 20.1 Å². The highest BCUT2D eigenvalue weighted by molar-refractivity contribution is 6.31. The van der Waals surface area contributed by atoms with E-state index in [1.54, 1.807) is 6.07 Å². The van der Waals surface area contributed by atoms with E-state index in [0.717, 1.165) is 17.4 Å². The Kier molecular flexibility index (Phi) is 7.22. The van der Waals surface area contributed by atoms with E-state index in [4.69, 9.17) is 11.6 Å². The van der Waals surface area contributed by atoms with E-state index in [2.05, 4.69) is 29.0 Å². The van der Waals surface area contributed by atoms with Crippen molar-refractivity contribution in [2.45, 2.75) is 33.6 Å². The molecular weight excluding hydrogens is 412 g/mol. The summed E-state index contributed by atoms with van der Waals surface area (Å²) in [5.74, 6) is 0.0174. The van der Waals surface area contributed by atoms with Crippen LogP contribution < -0.4 is 5.32 Å². The van der Waals surface area contributed by atoms with Gasteiger partial charge in [-0.15, -0.1) is 0 Å². The Bertz CT molecular complexity index is 965. The average molecular weight is 445 g/mol. The van der Waals surface area contributed by atoms with Gasteiger partial charge in [0.25, 0.3) is 5.91 Å². The van der Waals surface area contributed by atoms with Gasteiger partial charge in [0.15, 0.2) is 0 Å². The first-order valence-corrected chi connectivity index (χ1v) is 11.2. The molecule has 0 unspecified atom stereocenters. The summed E-state index contributed by atoms with van der Waals surface area (Å²) >= 11 is 6.10. The number of aromatic nitrogens is 1. The molecule has 0 spiro atoms. The number of pyridine rings is 1. The molecule has 31 heavy (non-hydrogen) atoms. The fourth-order valence-corrected chi connectivity index (χ4v) is 4.54. The van der Waals surface area contributed by atoms with E-state index >= 15 is 0 Å². The van der Waals surface area contributed by atoms with Crippen LogP contribution in [-0.4, -0.2) is 66.9 Å². The van der Waals surface area contributed by atoms with E-state index in [1.165, 1.54) is 0 Å². The summed E-state index contributed by atoms with van der Waals surface area (Å²) in [4.78, 5) is 34.3. The number of benzene rings is 1. The number of halogens is 1. The third-order valence-electron chi connectivity index (χ3n) is 5.84. The van der Waals surface area contributed by atoms with Gasteiger partial charge in [0.05, 0.1) is 16.8 Å². The topological polar surface area (TPSA) is 65.5 Å². The van der Waals surface area contributed by atoms with Crippen LogP contribution in [0.4, 0.5) is 0 Å². The van der Waals surface area contributed by atoms with Gasteiger partial charge in [-0.3, -0.25) is 14.6 Å². The first-order valence-electron chi connectivity index (χ1n) is 10.8. The first kappa shape index (κ1) is 23.5. The van der Waals surface area contributed by atoms with Crippen LogP contribution in [0.25, 0.3) is 10.9 Å². The summed E-state index contributed by atoms with van der Waals surface area (Å²) < 4.78 is 0. The van der Waals surface area contributed by atoms with Crippen LogP contribution in [0.5, 0.6) is 0 Å². The zero-order valence-electron chi connectivity index (χ0n) is 19.2. The lowest BCUT2D eigenvalue weighted by atomic mass is 9.91. The fourth-order valence-electron chi connectivity index (χ4n) is 4.36. The Labute approximate surface area is 189 Å². The van der Waals surface area contributed by atoms with Crippen molar-refractivity contribution in [3.8, 4) is 0 Å². The predicted molar refractivity (Wildman–Crippen MR) is 125 cm³/mol. The molecule has 0 radical (unpaired) electrons. The predicted octanol–water partition coefficient (Wildman–Crippen LogP) is 3.75. The monoisotopic (exact) mass is 444 g/mol. The first-order chi connectivity index (χ1) is 14.6. The zero-order chi connectivity index (χ0) is 22.8. The Morgan fingerprint density at radius 2 is 1.90 bits per heavy atom. The number of nitrogens with one attached hydrogen (secondary N) is 1. The lowest BCUT2D eigenvalue weighted by Gasteiger charge is -2.33. The quantitative estimate of drug-likeness (QED) is 0.736. The van der Waals surface area contributed by atoms with Crippen LogP contribution in [0.15, 0.2) is 24.3 Å². The largest absolute Gasteiger partial charge is 0.355 e. The Morgan fingerprint density at radius 3 is 2.55 bits per heavy atom. The van der Waals surface area contributed by atoms with Crippen molar-refractivity contribution in [1.29, 1.82) is 0 Å². The molecule has 0 atom stereocenters. The smallest absolute Gasteiger partial charge is 0.255 e. The second-order valence-corrected chi connectivity index (χ2v) is 10.1. The van der Waals surface area contributed by atoms with E-state index in [0.29, 0.717) is 48.8 Å². The maximum Gasteiger partial charge on any atom is 0.255 e. The van der Waals surface area contributed by atoms with Crippen molar-refractivity contribution in [2.75, 3.05) is 40.3 Å². The molecule has 168 valence electrons. The maximum atomic E-state index is 13.1. The third kappa shape index (κ3) is 5.95. The van der Waals surface area contributed by atoms with E-state index in [1.807, 2.05) is 44.1 Å². The lowest BCUT2D eigenvalue weighted by molar-refractivity contribution is -0.126. The molecule has 0 aliphatic carbocycles. The number of likely N-dealkylation sites (tertiary alicyclic amines) is 1. The number of amides is 2. The van der Waals surface area contributed by atoms with Crippen molar-refractivity contribution in [2.24, 2.45) is 11.3 Å². The molecular formula is C24H33ClN4O2. The van der Waals surface area contributed by atoms with E-state index in [-0.39, 0.29) is 23.1 Å². The number of hydrogen-bond donors (Lipinski definition) is 1. The average Bonchev–Trinajstić information content (AvgIpc) is 2.70. The van der Waals surface area contributed by atoms with Gasteiger partial charge in [-0.05, 0) is 63.5 Å².